The Morgan fingerprint density at radius 1 is 1.03 bits per heavy atom. The molecule has 0 radical (unpaired) electrons. The fraction of sp³-hybridized carbons (Fsp3) is 0.481. The van der Waals surface area contributed by atoms with Crippen LogP contribution in [-0.2, 0) is 4.79 Å². The highest BCUT2D eigenvalue weighted by Crippen LogP contribution is 2.41. The molecule has 1 unspecified atom stereocenters. The number of alkyl halides is 3. The first-order chi connectivity index (χ1) is 16.1. The van der Waals surface area contributed by atoms with Gasteiger partial charge in [0.2, 0.25) is 0 Å². The quantitative estimate of drug-likeness (QED) is 0.297. The summed E-state index contributed by atoms with van der Waals surface area (Å²) in [6, 6.07) is 15.8. The predicted molar refractivity (Wildman–Crippen MR) is 131 cm³/mol. The molecule has 0 heterocycles. The smallest absolute Gasteiger partial charge is 0.382 e. The minimum Gasteiger partial charge on any atom is -0.382 e. The van der Waals surface area contributed by atoms with Gasteiger partial charge in [0.15, 0.2) is 0 Å². The third-order valence-electron chi connectivity index (χ3n) is 6.66. The Hall–Kier alpha value is -2.83. The largest absolute Gasteiger partial charge is 0.471 e. The highest BCUT2D eigenvalue weighted by atomic mass is 19.4. The van der Waals surface area contributed by atoms with E-state index in [1.807, 2.05) is 62.4 Å². The van der Waals surface area contributed by atoms with Crippen molar-refractivity contribution in [2.24, 2.45) is 5.41 Å². The van der Waals surface area contributed by atoms with E-state index in [0.717, 1.165) is 35.2 Å². The number of hydrogen-bond donors (Lipinski definition) is 3. The summed E-state index contributed by atoms with van der Waals surface area (Å²) in [6.07, 6.45) is 3.53. The standard InChI is InChI=1S/C27H34F3N3O/c1-26(2,18-32-25(34)27(28,29)30)24(19-10-6-5-7-11-19)20-14-15-23(21(16-20)17-31)33-22-12-8-3-4-9-13-22/h5-7,10-11,14-17,22,24,31,33H,3-4,8-9,12-13,18H2,1-2H3,(H,32,34). The molecule has 184 valence electrons. The van der Waals surface area contributed by atoms with Crippen LogP contribution in [0.15, 0.2) is 48.5 Å². The predicted octanol–water partition coefficient (Wildman–Crippen LogP) is 6.66. The Balaban J connectivity index is 1.91. The molecule has 1 atom stereocenters. The van der Waals surface area contributed by atoms with Crippen molar-refractivity contribution in [2.75, 3.05) is 11.9 Å². The van der Waals surface area contributed by atoms with Crippen LogP contribution >= 0.6 is 0 Å². The number of hydrogen-bond acceptors (Lipinski definition) is 3. The number of rotatable bonds is 8. The minimum atomic E-state index is -4.92. The number of nitrogens with one attached hydrogen (secondary N) is 3. The molecule has 4 nitrogen and oxygen atoms in total. The lowest BCUT2D eigenvalue weighted by Crippen LogP contribution is -2.43. The van der Waals surface area contributed by atoms with Gasteiger partial charge < -0.3 is 16.0 Å². The molecule has 3 N–H and O–H groups in total. The number of halogens is 3. The van der Waals surface area contributed by atoms with Crippen LogP contribution in [0.5, 0.6) is 0 Å². The topological polar surface area (TPSA) is 65.0 Å². The maximum absolute atomic E-state index is 12.8. The molecule has 7 heteroatoms. The zero-order valence-corrected chi connectivity index (χ0v) is 19.8. The van der Waals surface area contributed by atoms with Gasteiger partial charge in [-0.15, -0.1) is 0 Å². The van der Waals surface area contributed by atoms with Crippen molar-refractivity contribution in [1.82, 2.24) is 5.32 Å². The van der Waals surface area contributed by atoms with Crippen molar-refractivity contribution in [2.45, 2.75) is 70.5 Å². The Morgan fingerprint density at radius 2 is 1.68 bits per heavy atom. The lowest BCUT2D eigenvalue weighted by atomic mass is 9.71. The van der Waals surface area contributed by atoms with E-state index in [1.165, 1.54) is 31.9 Å². The maximum Gasteiger partial charge on any atom is 0.471 e. The van der Waals surface area contributed by atoms with Gasteiger partial charge in [-0.1, -0.05) is 75.9 Å². The van der Waals surface area contributed by atoms with Crippen molar-refractivity contribution in [3.05, 3.63) is 65.2 Å². The maximum atomic E-state index is 12.8. The van der Waals surface area contributed by atoms with Gasteiger partial charge in [-0.05, 0) is 41.5 Å². The molecule has 0 aliphatic heterocycles. The number of carbonyl (C=O) groups is 1. The molecule has 0 aromatic heterocycles. The van der Waals surface area contributed by atoms with E-state index in [1.54, 1.807) is 0 Å². The van der Waals surface area contributed by atoms with Crippen LogP contribution in [0.4, 0.5) is 18.9 Å². The van der Waals surface area contributed by atoms with Gasteiger partial charge in [-0.25, -0.2) is 0 Å². The summed E-state index contributed by atoms with van der Waals surface area (Å²) in [4.78, 5) is 11.5. The Kier molecular flexibility index (Phi) is 8.39. The van der Waals surface area contributed by atoms with Crippen LogP contribution in [0.3, 0.4) is 0 Å². The highest BCUT2D eigenvalue weighted by molar-refractivity contribution is 5.86. The lowest BCUT2D eigenvalue weighted by molar-refractivity contribution is -0.174. The van der Waals surface area contributed by atoms with E-state index in [0.29, 0.717) is 6.04 Å². The van der Waals surface area contributed by atoms with Crippen LogP contribution in [0, 0.1) is 10.8 Å². The molecule has 34 heavy (non-hydrogen) atoms. The average Bonchev–Trinajstić information content (AvgIpc) is 3.07. The monoisotopic (exact) mass is 473 g/mol. The molecular weight excluding hydrogens is 439 g/mol. The van der Waals surface area contributed by atoms with Gasteiger partial charge in [-0.2, -0.15) is 13.2 Å². The van der Waals surface area contributed by atoms with Gasteiger partial charge >= 0.3 is 12.1 Å². The zero-order chi connectivity index (χ0) is 24.8. The van der Waals surface area contributed by atoms with Crippen LogP contribution in [0.1, 0.15) is 75.0 Å². The summed E-state index contributed by atoms with van der Waals surface area (Å²) < 4.78 is 38.4. The van der Waals surface area contributed by atoms with E-state index in [4.69, 9.17) is 5.41 Å². The molecule has 1 aliphatic rings. The minimum absolute atomic E-state index is 0.146. The van der Waals surface area contributed by atoms with Gasteiger partial charge in [0.1, 0.15) is 0 Å². The normalized spacial score (nSPS) is 16.4. The molecular formula is C27H34F3N3O. The second-order valence-electron chi connectivity index (χ2n) is 9.84. The average molecular weight is 474 g/mol. The van der Waals surface area contributed by atoms with E-state index in [9.17, 15) is 18.0 Å². The van der Waals surface area contributed by atoms with Gasteiger partial charge in [-0.3, -0.25) is 4.79 Å². The summed E-state index contributed by atoms with van der Waals surface area (Å²) in [5.74, 6) is -2.22. The van der Waals surface area contributed by atoms with Crippen molar-refractivity contribution in [1.29, 1.82) is 5.41 Å². The Labute approximate surface area is 199 Å². The first-order valence-electron chi connectivity index (χ1n) is 11.9. The number of carbonyl (C=O) groups excluding carboxylic acids is 1. The lowest BCUT2D eigenvalue weighted by Gasteiger charge is -2.36. The fourth-order valence-corrected chi connectivity index (χ4v) is 4.91. The number of anilines is 1. The molecule has 1 saturated carbocycles. The second-order valence-corrected chi connectivity index (χ2v) is 9.84. The summed E-state index contributed by atoms with van der Waals surface area (Å²) in [7, 11) is 0. The summed E-state index contributed by atoms with van der Waals surface area (Å²) in [6.45, 7) is 3.55. The van der Waals surface area contributed by atoms with Crippen LogP contribution in [-0.4, -0.2) is 30.9 Å². The van der Waals surface area contributed by atoms with Crippen molar-refractivity contribution in [3.8, 4) is 0 Å². The molecule has 0 spiro atoms. The first kappa shape index (κ1) is 25.8. The van der Waals surface area contributed by atoms with Crippen molar-refractivity contribution in [3.63, 3.8) is 0 Å². The van der Waals surface area contributed by atoms with Gasteiger partial charge in [0, 0.05) is 36.0 Å². The highest BCUT2D eigenvalue weighted by Gasteiger charge is 2.40. The number of benzene rings is 2. The third kappa shape index (κ3) is 6.61. The molecule has 2 aromatic carbocycles. The molecule has 1 aliphatic carbocycles. The third-order valence-corrected chi connectivity index (χ3v) is 6.66. The summed E-state index contributed by atoms with van der Waals surface area (Å²) in [5, 5.41) is 13.7. The second kappa shape index (κ2) is 11.1. The Bertz CT molecular complexity index is 965. The fourth-order valence-electron chi connectivity index (χ4n) is 4.91. The van der Waals surface area contributed by atoms with Crippen LogP contribution in [0.25, 0.3) is 0 Å². The first-order valence-corrected chi connectivity index (χ1v) is 11.9. The number of amides is 1. The van der Waals surface area contributed by atoms with E-state index >= 15 is 0 Å². The van der Waals surface area contributed by atoms with Crippen molar-refractivity contribution >= 4 is 17.8 Å². The molecule has 1 amide bonds. The summed E-state index contributed by atoms with van der Waals surface area (Å²) >= 11 is 0. The van der Waals surface area contributed by atoms with E-state index < -0.39 is 17.5 Å². The van der Waals surface area contributed by atoms with E-state index in [2.05, 4.69) is 10.6 Å². The molecule has 3 rings (SSSR count). The summed E-state index contributed by atoms with van der Waals surface area (Å²) in [5.41, 5.74) is 2.76. The SMILES string of the molecule is CC(C)(CNC(=O)C(F)(F)F)C(c1ccccc1)c1ccc(NC2CCCCCC2)c(C=N)c1. The van der Waals surface area contributed by atoms with Gasteiger partial charge in [0.25, 0.3) is 0 Å². The molecule has 1 fully saturated rings. The van der Waals surface area contributed by atoms with Gasteiger partial charge in [0.05, 0.1) is 0 Å². The van der Waals surface area contributed by atoms with E-state index in [-0.39, 0.29) is 12.5 Å². The van der Waals surface area contributed by atoms with Crippen LogP contribution in [0.2, 0.25) is 0 Å². The van der Waals surface area contributed by atoms with Crippen LogP contribution < -0.4 is 10.6 Å². The molecule has 0 saturated heterocycles. The molecule has 0 bridgehead atoms. The van der Waals surface area contributed by atoms with Crippen molar-refractivity contribution < 1.29 is 18.0 Å². The molecule has 2 aromatic rings. The zero-order valence-electron chi connectivity index (χ0n) is 19.8. The Morgan fingerprint density at radius 3 is 2.26 bits per heavy atom.